The van der Waals surface area contributed by atoms with Crippen molar-refractivity contribution in [2.24, 2.45) is 0 Å². The normalized spacial score (nSPS) is 14.6. The minimum Gasteiger partial charge on any atom is -0.488 e. The Balaban J connectivity index is 1.54. The quantitative estimate of drug-likeness (QED) is 0.247. The molecule has 4 aromatic rings. The van der Waals surface area contributed by atoms with Crippen LogP contribution in [0, 0.1) is 0 Å². The third-order valence-corrected chi connectivity index (χ3v) is 6.14. The first kappa shape index (κ1) is 22.0. The van der Waals surface area contributed by atoms with Crippen LogP contribution >= 0.6 is 23.2 Å². The summed E-state index contributed by atoms with van der Waals surface area (Å²) in [6.45, 7) is 0.255. The smallest absolute Gasteiger partial charge is 0.333 e. The number of hydrogen-bond donors (Lipinski definition) is 1. The van der Waals surface area contributed by atoms with Crippen LogP contribution in [0.15, 0.2) is 90.6 Å². The fraction of sp³-hybridized carbons (Fsp3) is 0.0370. The van der Waals surface area contributed by atoms with Gasteiger partial charge in [0.25, 0.3) is 5.91 Å². The minimum absolute atomic E-state index is 0.152. The number of carbonyl (C=O) groups is 2. The summed E-state index contributed by atoms with van der Waals surface area (Å²) in [5, 5.41) is 5.67. The zero-order valence-electron chi connectivity index (χ0n) is 17.8. The van der Waals surface area contributed by atoms with Gasteiger partial charge in [-0.15, -0.1) is 0 Å². The lowest BCUT2D eigenvalue weighted by Crippen LogP contribution is -2.30. The molecule has 1 fully saturated rings. The van der Waals surface area contributed by atoms with Gasteiger partial charge in [-0.1, -0.05) is 71.7 Å². The molecule has 0 radical (unpaired) electrons. The van der Waals surface area contributed by atoms with E-state index in [2.05, 4.69) is 5.32 Å². The highest BCUT2D eigenvalue weighted by Gasteiger charge is 2.35. The van der Waals surface area contributed by atoms with Gasteiger partial charge in [0.1, 0.15) is 18.1 Å². The van der Waals surface area contributed by atoms with E-state index in [1.54, 1.807) is 30.3 Å². The second-order valence-corrected chi connectivity index (χ2v) is 8.53. The molecular weight excluding hydrogens is 471 g/mol. The molecule has 0 spiro atoms. The maximum absolute atomic E-state index is 13.2. The van der Waals surface area contributed by atoms with Crippen molar-refractivity contribution < 1.29 is 14.3 Å². The van der Waals surface area contributed by atoms with Crippen LogP contribution < -0.4 is 15.0 Å². The van der Waals surface area contributed by atoms with Crippen molar-refractivity contribution in [1.29, 1.82) is 0 Å². The largest absolute Gasteiger partial charge is 0.488 e. The van der Waals surface area contributed by atoms with Gasteiger partial charge in [-0.25, -0.2) is 9.69 Å². The van der Waals surface area contributed by atoms with Crippen LogP contribution in [0.25, 0.3) is 16.8 Å². The number of amides is 3. The van der Waals surface area contributed by atoms with Crippen molar-refractivity contribution in [3.8, 4) is 5.75 Å². The number of imide groups is 1. The van der Waals surface area contributed by atoms with E-state index in [0.717, 1.165) is 21.2 Å². The number of halogens is 2. The molecule has 1 saturated heterocycles. The Morgan fingerprint density at radius 1 is 0.853 bits per heavy atom. The number of anilines is 1. The molecule has 0 saturated carbocycles. The predicted octanol–water partition coefficient (Wildman–Crippen LogP) is 6.82. The van der Waals surface area contributed by atoms with E-state index in [1.165, 1.54) is 0 Å². The zero-order chi connectivity index (χ0) is 23.7. The van der Waals surface area contributed by atoms with Gasteiger partial charge in [0.2, 0.25) is 0 Å². The van der Waals surface area contributed by atoms with Crippen LogP contribution in [0.5, 0.6) is 5.75 Å². The molecule has 1 N–H and O–H groups in total. The number of carbonyl (C=O) groups excluding carboxylic acids is 2. The lowest BCUT2D eigenvalue weighted by atomic mass is 10.0. The topological polar surface area (TPSA) is 58.6 Å². The number of urea groups is 1. The van der Waals surface area contributed by atoms with Gasteiger partial charge in [0.15, 0.2) is 0 Å². The summed E-state index contributed by atoms with van der Waals surface area (Å²) in [4.78, 5) is 26.9. The molecule has 0 unspecified atom stereocenters. The third kappa shape index (κ3) is 4.23. The van der Waals surface area contributed by atoms with E-state index in [-0.39, 0.29) is 12.3 Å². The van der Waals surface area contributed by atoms with Gasteiger partial charge in [-0.3, -0.25) is 4.79 Å². The molecule has 34 heavy (non-hydrogen) atoms. The number of nitrogens with zero attached hydrogens (tertiary/aromatic N) is 1. The average molecular weight is 489 g/mol. The van der Waals surface area contributed by atoms with Gasteiger partial charge >= 0.3 is 6.03 Å². The number of hydrogen-bond acceptors (Lipinski definition) is 3. The molecule has 7 heteroatoms. The number of ether oxygens (including phenoxy) is 1. The highest BCUT2D eigenvalue weighted by atomic mass is 35.5. The molecule has 0 atom stereocenters. The molecule has 5 nitrogen and oxygen atoms in total. The van der Waals surface area contributed by atoms with Gasteiger partial charge < -0.3 is 10.1 Å². The molecule has 3 amide bonds. The Morgan fingerprint density at radius 3 is 2.38 bits per heavy atom. The molecule has 1 aliphatic rings. The average Bonchev–Trinajstić information content (AvgIpc) is 3.12. The molecule has 0 aromatic heterocycles. The van der Waals surface area contributed by atoms with Gasteiger partial charge in [-0.2, -0.15) is 0 Å². The standard InChI is InChI=1S/C27H18Cl2N2O3/c28-19-10-12-20(13-11-19)31-26(32)24(30-27(31)33)15-22-21-7-3-1-5-17(21)9-14-25(22)34-16-18-6-2-4-8-23(18)29/h1-15H,16H2,(H,30,33)/b24-15+. The Morgan fingerprint density at radius 2 is 1.59 bits per heavy atom. The minimum atomic E-state index is -0.530. The van der Waals surface area contributed by atoms with Crippen LogP contribution in [0.4, 0.5) is 10.5 Å². The Labute approximate surface area is 206 Å². The summed E-state index contributed by atoms with van der Waals surface area (Å²) in [7, 11) is 0. The number of benzene rings is 4. The van der Waals surface area contributed by atoms with Crippen molar-refractivity contribution in [3.63, 3.8) is 0 Å². The highest BCUT2D eigenvalue weighted by Crippen LogP contribution is 2.33. The first-order valence-corrected chi connectivity index (χ1v) is 11.3. The van der Waals surface area contributed by atoms with E-state index < -0.39 is 11.9 Å². The van der Waals surface area contributed by atoms with Crippen LogP contribution in [-0.4, -0.2) is 11.9 Å². The monoisotopic (exact) mass is 488 g/mol. The fourth-order valence-electron chi connectivity index (χ4n) is 3.83. The summed E-state index contributed by atoms with van der Waals surface area (Å²) in [6.07, 6.45) is 1.65. The first-order chi connectivity index (χ1) is 16.5. The fourth-order valence-corrected chi connectivity index (χ4v) is 4.14. The summed E-state index contributed by atoms with van der Waals surface area (Å²) in [5.74, 6) is 0.107. The van der Waals surface area contributed by atoms with Crippen molar-refractivity contribution in [2.45, 2.75) is 6.61 Å². The van der Waals surface area contributed by atoms with Crippen LogP contribution in [0.2, 0.25) is 10.0 Å². The lowest BCUT2D eigenvalue weighted by molar-refractivity contribution is -0.113. The first-order valence-electron chi connectivity index (χ1n) is 10.5. The SMILES string of the molecule is O=C1N/C(=C/c2c(OCc3ccccc3Cl)ccc3ccccc23)C(=O)N1c1ccc(Cl)cc1. The lowest BCUT2D eigenvalue weighted by Gasteiger charge is -2.13. The maximum atomic E-state index is 13.2. The second kappa shape index (κ2) is 9.21. The summed E-state index contributed by atoms with van der Waals surface area (Å²) >= 11 is 12.2. The maximum Gasteiger partial charge on any atom is 0.333 e. The Bertz CT molecular complexity index is 1450. The van der Waals surface area contributed by atoms with E-state index >= 15 is 0 Å². The molecular formula is C27H18Cl2N2O3. The number of fused-ring (bicyclic) bond motifs is 1. The zero-order valence-corrected chi connectivity index (χ0v) is 19.3. The van der Waals surface area contributed by atoms with E-state index in [0.29, 0.717) is 27.0 Å². The van der Waals surface area contributed by atoms with Crippen molar-refractivity contribution in [1.82, 2.24) is 5.32 Å². The predicted molar refractivity (Wildman–Crippen MR) is 135 cm³/mol. The summed E-state index contributed by atoms with van der Waals surface area (Å²) < 4.78 is 6.13. The molecule has 1 aliphatic heterocycles. The summed E-state index contributed by atoms with van der Waals surface area (Å²) in [6, 6.07) is 25.0. The molecule has 4 aromatic carbocycles. The molecule has 5 rings (SSSR count). The van der Waals surface area contributed by atoms with Crippen LogP contribution in [-0.2, 0) is 11.4 Å². The number of rotatable bonds is 5. The second-order valence-electron chi connectivity index (χ2n) is 7.68. The van der Waals surface area contributed by atoms with Crippen molar-refractivity contribution >= 4 is 57.7 Å². The Hall–Kier alpha value is -3.80. The van der Waals surface area contributed by atoms with Gasteiger partial charge in [-0.05, 0) is 53.2 Å². The molecule has 0 aliphatic carbocycles. The number of nitrogens with one attached hydrogen (secondary N) is 1. The van der Waals surface area contributed by atoms with E-state index in [4.69, 9.17) is 27.9 Å². The Kier molecular flexibility index (Phi) is 5.97. The molecule has 0 bridgehead atoms. The van der Waals surface area contributed by atoms with Crippen molar-refractivity contribution in [2.75, 3.05) is 4.90 Å². The molecule has 1 heterocycles. The van der Waals surface area contributed by atoms with E-state index in [1.807, 2.05) is 60.7 Å². The van der Waals surface area contributed by atoms with Crippen LogP contribution in [0.3, 0.4) is 0 Å². The van der Waals surface area contributed by atoms with Crippen molar-refractivity contribution in [3.05, 3.63) is 112 Å². The summed E-state index contributed by atoms with van der Waals surface area (Å²) in [5.41, 5.74) is 2.11. The van der Waals surface area contributed by atoms with Gasteiger partial charge in [0.05, 0.1) is 5.69 Å². The highest BCUT2D eigenvalue weighted by molar-refractivity contribution is 6.31. The third-order valence-electron chi connectivity index (χ3n) is 5.52. The van der Waals surface area contributed by atoms with Crippen LogP contribution in [0.1, 0.15) is 11.1 Å². The molecule has 168 valence electrons. The van der Waals surface area contributed by atoms with E-state index in [9.17, 15) is 9.59 Å². The van der Waals surface area contributed by atoms with Gasteiger partial charge in [0, 0.05) is 21.2 Å².